The number of nitrogens with zero attached hydrogens (tertiary/aromatic N) is 3. The number of nitrogens with one attached hydrogen (secondary N) is 1. The van der Waals surface area contributed by atoms with Gasteiger partial charge in [0.25, 0.3) is 0 Å². The van der Waals surface area contributed by atoms with Crippen molar-refractivity contribution in [3.63, 3.8) is 0 Å². The van der Waals surface area contributed by atoms with E-state index in [1.54, 1.807) is 23.1 Å². The SMILES string of the molecule is CC(Cc1ccc(O)cc1)NCc1ncn(C)n1. The molecule has 1 heterocycles. The highest BCUT2D eigenvalue weighted by atomic mass is 16.3. The van der Waals surface area contributed by atoms with Crippen molar-refractivity contribution in [1.82, 2.24) is 20.1 Å². The first-order chi connectivity index (χ1) is 8.63. The third-order valence-corrected chi connectivity index (χ3v) is 2.73. The van der Waals surface area contributed by atoms with E-state index in [1.165, 1.54) is 5.56 Å². The third-order valence-electron chi connectivity index (χ3n) is 2.73. The number of aryl methyl sites for hydroxylation is 1. The van der Waals surface area contributed by atoms with Crippen molar-refractivity contribution in [2.45, 2.75) is 25.9 Å². The first kappa shape index (κ1) is 12.6. The molecule has 0 aliphatic rings. The first-order valence-electron chi connectivity index (χ1n) is 5.99. The van der Waals surface area contributed by atoms with E-state index in [0.29, 0.717) is 18.3 Å². The summed E-state index contributed by atoms with van der Waals surface area (Å²) in [5, 5.41) is 16.8. The maximum absolute atomic E-state index is 9.21. The summed E-state index contributed by atoms with van der Waals surface area (Å²) >= 11 is 0. The zero-order valence-electron chi connectivity index (χ0n) is 10.7. The Hall–Kier alpha value is -1.88. The Bertz CT molecular complexity index is 492. The van der Waals surface area contributed by atoms with Crippen LogP contribution in [0.4, 0.5) is 0 Å². The van der Waals surface area contributed by atoms with Gasteiger partial charge in [0.2, 0.25) is 0 Å². The molecule has 5 heteroatoms. The summed E-state index contributed by atoms with van der Waals surface area (Å²) in [7, 11) is 1.86. The van der Waals surface area contributed by atoms with Gasteiger partial charge in [0.05, 0.1) is 6.54 Å². The van der Waals surface area contributed by atoms with Crippen LogP contribution in [-0.2, 0) is 20.0 Å². The second-order valence-electron chi connectivity index (χ2n) is 4.49. The lowest BCUT2D eigenvalue weighted by Crippen LogP contribution is -2.28. The highest BCUT2D eigenvalue weighted by molar-refractivity contribution is 5.26. The van der Waals surface area contributed by atoms with Gasteiger partial charge in [-0.15, -0.1) is 0 Å². The first-order valence-corrected chi connectivity index (χ1v) is 5.99. The van der Waals surface area contributed by atoms with Crippen LogP contribution in [-0.4, -0.2) is 25.9 Å². The van der Waals surface area contributed by atoms with Crippen LogP contribution < -0.4 is 5.32 Å². The van der Waals surface area contributed by atoms with Gasteiger partial charge in [0, 0.05) is 13.1 Å². The van der Waals surface area contributed by atoms with Gasteiger partial charge in [-0.2, -0.15) is 5.10 Å². The molecule has 0 saturated carbocycles. The van der Waals surface area contributed by atoms with Crippen LogP contribution in [0.3, 0.4) is 0 Å². The Morgan fingerprint density at radius 3 is 2.67 bits per heavy atom. The normalized spacial score (nSPS) is 12.6. The lowest BCUT2D eigenvalue weighted by Gasteiger charge is -2.12. The van der Waals surface area contributed by atoms with Gasteiger partial charge in [0.1, 0.15) is 12.1 Å². The van der Waals surface area contributed by atoms with Crippen molar-refractivity contribution < 1.29 is 5.11 Å². The molecule has 0 bridgehead atoms. The van der Waals surface area contributed by atoms with Crippen LogP contribution in [0.5, 0.6) is 5.75 Å². The number of phenols is 1. The van der Waals surface area contributed by atoms with Crippen molar-refractivity contribution in [1.29, 1.82) is 0 Å². The molecular weight excluding hydrogens is 228 g/mol. The van der Waals surface area contributed by atoms with E-state index in [1.807, 2.05) is 19.2 Å². The molecule has 0 spiro atoms. The molecule has 2 rings (SSSR count). The quantitative estimate of drug-likeness (QED) is 0.833. The summed E-state index contributed by atoms with van der Waals surface area (Å²) < 4.78 is 1.70. The molecule has 96 valence electrons. The third kappa shape index (κ3) is 3.56. The minimum Gasteiger partial charge on any atom is -0.508 e. The molecule has 18 heavy (non-hydrogen) atoms. The van der Waals surface area contributed by atoms with Crippen molar-refractivity contribution in [2.24, 2.45) is 7.05 Å². The topological polar surface area (TPSA) is 63.0 Å². The molecule has 0 radical (unpaired) electrons. The number of phenolic OH excluding ortho intramolecular Hbond substituents is 1. The van der Waals surface area contributed by atoms with Crippen molar-refractivity contribution in [2.75, 3.05) is 0 Å². The molecule has 1 unspecified atom stereocenters. The van der Waals surface area contributed by atoms with Crippen LogP contribution in [0.1, 0.15) is 18.3 Å². The van der Waals surface area contributed by atoms with Gasteiger partial charge >= 0.3 is 0 Å². The Balaban J connectivity index is 1.81. The van der Waals surface area contributed by atoms with Gasteiger partial charge in [-0.05, 0) is 31.0 Å². The summed E-state index contributed by atoms with van der Waals surface area (Å²) in [6.07, 6.45) is 2.61. The zero-order chi connectivity index (χ0) is 13.0. The van der Waals surface area contributed by atoms with Crippen LogP contribution >= 0.6 is 0 Å². The number of rotatable bonds is 5. The molecular formula is C13H18N4O. The molecule has 1 atom stereocenters. The standard InChI is InChI=1S/C13H18N4O/c1-10(7-11-3-5-12(18)6-4-11)14-8-13-15-9-17(2)16-13/h3-6,9-10,14,18H,7-8H2,1-2H3. The van der Waals surface area contributed by atoms with Crippen LogP contribution in [0.2, 0.25) is 0 Å². The molecule has 1 aromatic heterocycles. The summed E-state index contributed by atoms with van der Waals surface area (Å²) in [4.78, 5) is 4.16. The summed E-state index contributed by atoms with van der Waals surface area (Å²) in [5.41, 5.74) is 1.20. The molecule has 0 fully saturated rings. The van der Waals surface area contributed by atoms with E-state index >= 15 is 0 Å². The Morgan fingerprint density at radius 2 is 2.06 bits per heavy atom. The smallest absolute Gasteiger partial charge is 0.164 e. The number of aromatic nitrogens is 3. The van der Waals surface area contributed by atoms with Crippen LogP contribution in [0.15, 0.2) is 30.6 Å². The second-order valence-corrected chi connectivity index (χ2v) is 4.49. The molecule has 0 saturated heterocycles. The number of benzene rings is 1. The Morgan fingerprint density at radius 1 is 1.33 bits per heavy atom. The highest BCUT2D eigenvalue weighted by Gasteiger charge is 2.05. The number of aromatic hydroxyl groups is 1. The maximum atomic E-state index is 9.21. The molecule has 2 N–H and O–H groups in total. The Kier molecular flexibility index (Phi) is 3.94. The highest BCUT2D eigenvalue weighted by Crippen LogP contribution is 2.11. The number of hydrogen-bond acceptors (Lipinski definition) is 4. The van der Waals surface area contributed by atoms with E-state index < -0.39 is 0 Å². The van der Waals surface area contributed by atoms with Gasteiger partial charge in [0.15, 0.2) is 5.82 Å². The summed E-state index contributed by atoms with van der Waals surface area (Å²) in [6.45, 7) is 2.79. The largest absolute Gasteiger partial charge is 0.508 e. The number of hydrogen-bond donors (Lipinski definition) is 2. The molecule has 0 aliphatic carbocycles. The Labute approximate surface area is 106 Å². The summed E-state index contributed by atoms with van der Waals surface area (Å²) in [6, 6.07) is 7.63. The van der Waals surface area contributed by atoms with E-state index in [0.717, 1.165) is 12.2 Å². The fourth-order valence-electron chi connectivity index (χ4n) is 1.79. The van der Waals surface area contributed by atoms with E-state index in [2.05, 4.69) is 22.3 Å². The van der Waals surface area contributed by atoms with E-state index in [-0.39, 0.29) is 0 Å². The van der Waals surface area contributed by atoms with Crippen LogP contribution in [0.25, 0.3) is 0 Å². The predicted octanol–water partition coefficient (Wildman–Crippen LogP) is 1.24. The van der Waals surface area contributed by atoms with E-state index in [9.17, 15) is 5.11 Å². The average Bonchev–Trinajstić information content (AvgIpc) is 2.76. The fraction of sp³-hybridized carbons (Fsp3) is 0.385. The molecule has 0 amide bonds. The monoisotopic (exact) mass is 246 g/mol. The van der Waals surface area contributed by atoms with Crippen molar-refractivity contribution in [3.05, 3.63) is 42.0 Å². The minimum atomic E-state index is 0.303. The minimum absolute atomic E-state index is 0.303. The van der Waals surface area contributed by atoms with Gasteiger partial charge in [-0.3, -0.25) is 4.68 Å². The molecule has 0 aliphatic heterocycles. The van der Waals surface area contributed by atoms with Gasteiger partial charge < -0.3 is 10.4 Å². The lowest BCUT2D eigenvalue weighted by atomic mass is 10.1. The van der Waals surface area contributed by atoms with Gasteiger partial charge in [-0.25, -0.2) is 4.98 Å². The average molecular weight is 246 g/mol. The fourth-order valence-corrected chi connectivity index (χ4v) is 1.79. The molecule has 5 nitrogen and oxygen atoms in total. The lowest BCUT2D eigenvalue weighted by molar-refractivity contribution is 0.474. The predicted molar refractivity (Wildman–Crippen MR) is 69.1 cm³/mol. The van der Waals surface area contributed by atoms with Crippen LogP contribution in [0, 0.1) is 0 Å². The molecule has 2 aromatic rings. The summed E-state index contributed by atoms with van der Waals surface area (Å²) in [5.74, 6) is 1.10. The van der Waals surface area contributed by atoms with Gasteiger partial charge in [-0.1, -0.05) is 12.1 Å². The van der Waals surface area contributed by atoms with E-state index in [4.69, 9.17) is 0 Å². The van der Waals surface area contributed by atoms with Crippen molar-refractivity contribution >= 4 is 0 Å². The second kappa shape index (κ2) is 5.64. The maximum Gasteiger partial charge on any atom is 0.164 e. The van der Waals surface area contributed by atoms with Crippen molar-refractivity contribution in [3.8, 4) is 5.75 Å². The molecule has 1 aromatic carbocycles. The zero-order valence-corrected chi connectivity index (χ0v) is 10.7.